The van der Waals surface area contributed by atoms with E-state index in [2.05, 4.69) is 81.2 Å². The van der Waals surface area contributed by atoms with E-state index in [1.54, 1.807) is 0 Å². The predicted octanol–water partition coefficient (Wildman–Crippen LogP) is -5.81. The van der Waals surface area contributed by atoms with E-state index in [1.807, 2.05) is 0 Å². The molecule has 0 fully saturated rings. The molecule has 2 aliphatic rings. The minimum Gasteiger partial charge on any atom is -0.459 e. The van der Waals surface area contributed by atoms with Crippen molar-refractivity contribution < 1.29 is 49.6 Å². The Kier molecular flexibility index (Phi) is 12.2. The summed E-state index contributed by atoms with van der Waals surface area (Å²) in [6.07, 6.45) is -4.30. The molecule has 0 saturated carbocycles. The van der Waals surface area contributed by atoms with Gasteiger partial charge in [0.1, 0.15) is 10.4 Å². The molecule has 4 aromatic rings. The molecular formula is C14H10N26O16. The molecule has 0 spiro atoms. The average molecular weight is 798 g/mol. The van der Waals surface area contributed by atoms with E-state index in [1.165, 1.54) is 0 Å². The normalized spacial score (nSPS) is 15.1. The van der Waals surface area contributed by atoms with Gasteiger partial charge < -0.3 is 72.2 Å². The number of aliphatic imine (C=N–C) groups is 4. The van der Waals surface area contributed by atoms with Gasteiger partial charge in [0, 0.05) is 0 Å². The Balaban J connectivity index is 0.000000231. The number of H-pyrrole nitrogens is 4. The van der Waals surface area contributed by atoms with Crippen LogP contribution in [0.15, 0.2) is 20.0 Å². The summed E-state index contributed by atoms with van der Waals surface area (Å²) < 4.78 is 0. The van der Waals surface area contributed by atoms with Gasteiger partial charge in [0.2, 0.25) is 23.3 Å². The van der Waals surface area contributed by atoms with Gasteiger partial charge in [-0.15, -0.1) is 10.4 Å². The van der Waals surface area contributed by atoms with Crippen molar-refractivity contribution in [3.63, 3.8) is 0 Å². The van der Waals surface area contributed by atoms with E-state index in [-0.39, 0.29) is 0 Å². The Hall–Kier alpha value is -9.96. The number of aromatic amines is 4. The maximum absolute atomic E-state index is 10.6. The molecule has 6 heterocycles. The van der Waals surface area contributed by atoms with Crippen LogP contribution in [0.3, 0.4) is 0 Å². The van der Waals surface area contributed by atoms with Crippen LogP contribution in [-0.4, -0.2) is 116 Å². The number of nitrogens with zero attached hydrogens (tertiary/aromatic N) is 20. The number of hydrogen-bond acceptors (Lipinski definition) is 28. The van der Waals surface area contributed by atoms with Crippen LogP contribution < -0.4 is 31.6 Å². The van der Waals surface area contributed by atoms with Crippen LogP contribution in [0.1, 0.15) is 11.6 Å². The van der Waals surface area contributed by atoms with E-state index < -0.39 is 110 Å². The molecule has 42 nitrogen and oxygen atoms in total. The molecule has 2 atom stereocenters. The molecule has 292 valence electrons. The number of nitro groups is 8. The van der Waals surface area contributed by atoms with Gasteiger partial charge >= 0.3 is 59.2 Å². The molecule has 4 aromatic heterocycles. The third-order valence-electron chi connectivity index (χ3n) is 5.29. The molecule has 0 amide bonds. The summed E-state index contributed by atoms with van der Waals surface area (Å²) in [5.41, 5.74) is 10.0. The second-order valence-electron chi connectivity index (χ2n) is 8.74. The van der Waals surface area contributed by atoms with Crippen LogP contribution in [0.25, 0.3) is 0 Å². The fourth-order valence-electron chi connectivity index (χ4n) is 3.22. The van der Waals surface area contributed by atoms with Gasteiger partial charge in [0.25, 0.3) is 0 Å². The van der Waals surface area contributed by atoms with Crippen LogP contribution in [0.4, 0.5) is 35.2 Å². The van der Waals surface area contributed by atoms with Crippen LogP contribution in [0.2, 0.25) is 0 Å². The quantitative estimate of drug-likeness (QED) is 0.0952. The summed E-state index contributed by atoms with van der Waals surface area (Å²) in [5, 5.41) is 108. The molecule has 0 aliphatic carbocycles. The highest BCUT2D eigenvalue weighted by Crippen LogP contribution is 2.25. The van der Waals surface area contributed by atoms with Crippen molar-refractivity contribution in [2.75, 3.05) is 11.5 Å². The summed E-state index contributed by atoms with van der Waals surface area (Å²) in [6.45, 7) is 0. The predicted molar refractivity (Wildman–Crippen MR) is 160 cm³/mol. The zero-order valence-electron chi connectivity index (χ0n) is 25.8. The smallest absolute Gasteiger partial charge is 0.441 e. The van der Waals surface area contributed by atoms with Crippen molar-refractivity contribution in [2.45, 2.75) is 12.3 Å². The Morgan fingerprint density at radius 1 is 0.536 bits per heavy atom. The maximum Gasteiger partial charge on any atom is 0.441 e. The summed E-state index contributed by atoms with van der Waals surface area (Å²) in [6, 6.07) is 0. The SMILES string of the molecule is Nc1nn[nH][nH+]1.Nc1nn[nH][nH+]1.O=[N+]([O-])C1=NC(c2nc([N+](=O)[O-])c([N+](=O)[O-])[n-]2)=NC1[N+](=O)[O-].O=[N+]([O-])C1=NC(c2nc([N+](=O)[O-])c([N+](=O)[O-])[n-]2)=NC1[N+](=O)[O-]. The van der Waals surface area contributed by atoms with Crippen molar-refractivity contribution >= 4 is 58.5 Å². The number of hydrogen-bond donors (Lipinski definition) is 4. The molecule has 2 aliphatic heterocycles. The van der Waals surface area contributed by atoms with Crippen LogP contribution >= 0.6 is 0 Å². The zero-order valence-corrected chi connectivity index (χ0v) is 25.8. The molecule has 0 aromatic carbocycles. The first-order chi connectivity index (χ1) is 26.2. The minimum atomic E-state index is -2.15. The summed E-state index contributed by atoms with van der Waals surface area (Å²) in [5.74, 6) is -9.76. The van der Waals surface area contributed by atoms with Crippen molar-refractivity contribution in [1.29, 1.82) is 0 Å². The minimum absolute atomic E-state index is 0.301. The lowest BCUT2D eigenvalue weighted by Gasteiger charge is -2.00. The lowest BCUT2D eigenvalue weighted by Crippen LogP contribution is -2.30. The average Bonchev–Trinajstić information content (AvgIpc) is 3.95. The molecule has 0 bridgehead atoms. The standard InChI is InChI=1S/2C6HN8O8.2CH3N5/c2*15-11(16)3-4(12(17)18)8-1(7-3)2-9-5(13(19)20)6(10-2)14(21)22;2*2-1-3-5-6-4-1/h2*3H;2*(H3,2,3,4,5,6)/q2*-1;;/p+2. The monoisotopic (exact) mass is 798 g/mol. The van der Waals surface area contributed by atoms with E-state index in [4.69, 9.17) is 11.5 Å². The number of amidine groups is 4. The third kappa shape index (κ3) is 9.63. The topological polar surface area (TPSA) is 612 Å². The molecule has 0 saturated heterocycles. The number of imidazole rings is 2. The fourth-order valence-corrected chi connectivity index (χ4v) is 3.22. The lowest BCUT2D eigenvalue weighted by atomic mass is 10.5. The Labute approximate surface area is 296 Å². The Bertz CT molecular complexity index is 2110. The fraction of sp³-hybridized carbons (Fsp3) is 0.143. The van der Waals surface area contributed by atoms with Crippen LogP contribution in [0, 0.1) is 80.9 Å². The van der Waals surface area contributed by atoms with Gasteiger partial charge in [-0.1, -0.05) is 0 Å². The molecule has 2 unspecified atom stereocenters. The number of anilines is 2. The summed E-state index contributed by atoms with van der Waals surface area (Å²) in [7, 11) is 0. The largest absolute Gasteiger partial charge is 0.459 e. The highest BCUT2D eigenvalue weighted by Gasteiger charge is 2.46. The van der Waals surface area contributed by atoms with Gasteiger partial charge in [0.05, 0.1) is 20.0 Å². The maximum atomic E-state index is 10.6. The van der Waals surface area contributed by atoms with Crippen molar-refractivity contribution in [3.8, 4) is 0 Å². The van der Waals surface area contributed by atoms with Gasteiger partial charge in [-0.05, 0) is 29.7 Å². The van der Waals surface area contributed by atoms with E-state index in [9.17, 15) is 80.9 Å². The van der Waals surface area contributed by atoms with E-state index >= 15 is 0 Å². The second-order valence-corrected chi connectivity index (χ2v) is 8.74. The first-order valence-electron chi connectivity index (χ1n) is 12.9. The Morgan fingerprint density at radius 3 is 1.04 bits per heavy atom. The van der Waals surface area contributed by atoms with Gasteiger partial charge in [-0.25, -0.2) is 0 Å². The number of tetrazole rings is 2. The molecule has 8 N–H and O–H groups in total. The van der Waals surface area contributed by atoms with Gasteiger partial charge in [0.15, 0.2) is 0 Å². The van der Waals surface area contributed by atoms with Crippen LogP contribution in [0.5, 0.6) is 0 Å². The number of rotatable bonds is 8. The van der Waals surface area contributed by atoms with Crippen molar-refractivity contribution in [1.82, 2.24) is 51.0 Å². The first kappa shape index (κ1) is 40.5. The summed E-state index contributed by atoms with van der Waals surface area (Å²) >= 11 is 0. The molecule has 6 rings (SSSR count). The Morgan fingerprint density at radius 2 is 0.875 bits per heavy atom. The highest BCUT2D eigenvalue weighted by atomic mass is 16.7. The first-order valence-corrected chi connectivity index (χ1v) is 12.9. The molecule has 42 heteroatoms. The summed E-state index contributed by atoms with van der Waals surface area (Å²) in [4.78, 5) is 101. The highest BCUT2D eigenvalue weighted by molar-refractivity contribution is 6.08. The molecule has 56 heavy (non-hydrogen) atoms. The van der Waals surface area contributed by atoms with Gasteiger partial charge in [-0.3, -0.25) is 20.2 Å². The van der Waals surface area contributed by atoms with E-state index in [0.29, 0.717) is 11.9 Å². The number of aromatic nitrogens is 12. The molecule has 0 radical (unpaired) electrons. The van der Waals surface area contributed by atoms with Crippen molar-refractivity contribution in [3.05, 3.63) is 92.6 Å². The number of nitrogen functional groups attached to an aromatic ring is 2. The van der Waals surface area contributed by atoms with E-state index in [0.717, 1.165) is 0 Å². The third-order valence-corrected chi connectivity index (χ3v) is 5.29. The molecular weight excluding hydrogens is 788 g/mol. The lowest BCUT2D eigenvalue weighted by molar-refractivity contribution is -0.518. The second kappa shape index (κ2) is 16.8. The zero-order chi connectivity index (χ0) is 42.0. The van der Waals surface area contributed by atoms with Crippen LogP contribution in [-0.2, 0) is 0 Å². The van der Waals surface area contributed by atoms with Crippen molar-refractivity contribution in [2.24, 2.45) is 20.0 Å². The number of nitrogens with two attached hydrogens (primary N) is 2. The number of nitrogens with one attached hydrogen (secondary N) is 4. The van der Waals surface area contributed by atoms with Gasteiger partial charge in [-0.2, -0.15) is 50.0 Å².